The number of hydrogen-bond acceptors (Lipinski definition) is 3. The first-order valence-corrected chi connectivity index (χ1v) is 9.42. The van der Waals surface area contributed by atoms with Gasteiger partial charge in [0.15, 0.2) is 0 Å². The molecule has 0 saturated carbocycles. The molecular formula is C20H31N3O. The highest BCUT2D eigenvalue weighted by Gasteiger charge is 2.30. The maximum atomic E-state index is 12.6. The van der Waals surface area contributed by atoms with Crippen LogP contribution in [-0.2, 0) is 17.6 Å². The number of hydrogen-bond donors (Lipinski definition) is 1. The van der Waals surface area contributed by atoms with E-state index in [0.29, 0.717) is 18.4 Å². The summed E-state index contributed by atoms with van der Waals surface area (Å²) >= 11 is 0. The SMILES string of the molecule is CC(C)Cc1ccc(CC(=O)N2CCC(N3CCNCC3)C2)cc1. The van der Waals surface area contributed by atoms with Crippen LogP contribution in [0, 0.1) is 5.92 Å². The second kappa shape index (κ2) is 8.13. The molecule has 1 unspecified atom stereocenters. The Bertz CT molecular complexity index is 534. The fraction of sp³-hybridized carbons (Fsp3) is 0.650. The Labute approximate surface area is 146 Å². The number of rotatable bonds is 5. The van der Waals surface area contributed by atoms with Crippen LogP contribution in [0.25, 0.3) is 0 Å². The number of piperazine rings is 1. The Morgan fingerprint density at radius 2 is 1.79 bits per heavy atom. The van der Waals surface area contributed by atoms with Gasteiger partial charge in [0.1, 0.15) is 0 Å². The van der Waals surface area contributed by atoms with Crippen molar-refractivity contribution in [3.05, 3.63) is 35.4 Å². The zero-order valence-corrected chi connectivity index (χ0v) is 15.1. The molecule has 3 rings (SSSR count). The zero-order valence-electron chi connectivity index (χ0n) is 15.1. The number of carbonyl (C=O) groups is 1. The number of amides is 1. The predicted octanol–water partition coefficient (Wildman–Crippen LogP) is 1.93. The van der Waals surface area contributed by atoms with E-state index in [1.165, 1.54) is 5.56 Å². The first kappa shape index (κ1) is 17.4. The predicted molar refractivity (Wildman–Crippen MR) is 98.1 cm³/mol. The molecule has 1 aromatic carbocycles. The first-order valence-electron chi connectivity index (χ1n) is 9.42. The topological polar surface area (TPSA) is 35.6 Å². The molecule has 2 aliphatic rings. The van der Waals surface area contributed by atoms with E-state index in [1.54, 1.807) is 0 Å². The summed E-state index contributed by atoms with van der Waals surface area (Å²) < 4.78 is 0. The summed E-state index contributed by atoms with van der Waals surface area (Å²) in [6.45, 7) is 10.7. The van der Waals surface area contributed by atoms with Crippen molar-refractivity contribution in [2.75, 3.05) is 39.3 Å². The van der Waals surface area contributed by atoms with Crippen LogP contribution in [0.2, 0.25) is 0 Å². The summed E-state index contributed by atoms with van der Waals surface area (Å²) in [6, 6.07) is 9.16. The van der Waals surface area contributed by atoms with E-state index >= 15 is 0 Å². The highest BCUT2D eigenvalue weighted by atomic mass is 16.2. The molecule has 0 bridgehead atoms. The molecule has 0 aliphatic carbocycles. The monoisotopic (exact) mass is 329 g/mol. The summed E-state index contributed by atoms with van der Waals surface area (Å²) in [5.41, 5.74) is 2.50. The van der Waals surface area contributed by atoms with Crippen LogP contribution >= 0.6 is 0 Å². The highest BCUT2D eigenvalue weighted by molar-refractivity contribution is 5.79. The third-order valence-electron chi connectivity index (χ3n) is 5.21. The zero-order chi connectivity index (χ0) is 16.9. The molecule has 1 N–H and O–H groups in total. The molecule has 4 nitrogen and oxygen atoms in total. The lowest BCUT2D eigenvalue weighted by Crippen LogP contribution is -2.49. The number of benzene rings is 1. The Morgan fingerprint density at radius 3 is 2.46 bits per heavy atom. The molecule has 0 aromatic heterocycles. The summed E-state index contributed by atoms with van der Waals surface area (Å²) in [5.74, 6) is 0.952. The van der Waals surface area contributed by atoms with E-state index in [2.05, 4.69) is 53.2 Å². The first-order chi connectivity index (χ1) is 11.6. The van der Waals surface area contributed by atoms with Crippen molar-refractivity contribution in [1.82, 2.24) is 15.1 Å². The quantitative estimate of drug-likeness (QED) is 0.897. The number of likely N-dealkylation sites (tertiary alicyclic amines) is 1. The van der Waals surface area contributed by atoms with Crippen molar-refractivity contribution < 1.29 is 4.79 Å². The van der Waals surface area contributed by atoms with Crippen LogP contribution in [0.5, 0.6) is 0 Å². The Balaban J connectivity index is 1.50. The maximum absolute atomic E-state index is 12.6. The van der Waals surface area contributed by atoms with E-state index in [-0.39, 0.29) is 5.91 Å². The molecule has 1 atom stereocenters. The average Bonchev–Trinajstić information content (AvgIpc) is 3.07. The molecule has 2 aliphatic heterocycles. The van der Waals surface area contributed by atoms with Gasteiger partial charge in [-0.05, 0) is 29.9 Å². The number of nitrogens with one attached hydrogen (secondary N) is 1. The lowest BCUT2D eigenvalue weighted by molar-refractivity contribution is -0.129. The second-order valence-corrected chi connectivity index (χ2v) is 7.66. The second-order valence-electron chi connectivity index (χ2n) is 7.66. The van der Waals surface area contributed by atoms with Crippen LogP contribution in [0.4, 0.5) is 0 Å². The van der Waals surface area contributed by atoms with Gasteiger partial charge in [-0.15, -0.1) is 0 Å². The van der Waals surface area contributed by atoms with Crippen molar-refractivity contribution in [2.45, 2.75) is 39.2 Å². The van der Waals surface area contributed by atoms with Gasteiger partial charge in [0, 0.05) is 45.3 Å². The van der Waals surface area contributed by atoms with Gasteiger partial charge in [0.25, 0.3) is 0 Å². The third-order valence-corrected chi connectivity index (χ3v) is 5.21. The molecule has 24 heavy (non-hydrogen) atoms. The van der Waals surface area contributed by atoms with Crippen LogP contribution in [0.1, 0.15) is 31.4 Å². The average molecular weight is 329 g/mol. The minimum absolute atomic E-state index is 0.282. The molecule has 1 aromatic rings. The fourth-order valence-electron chi connectivity index (χ4n) is 3.86. The van der Waals surface area contributed by atoms with Crippen LogP contribution in [0.15, 0.2) is 24.3 Å². The van der Waals surface area contributed by atoms with Gasteiger partial charge in [-0.25, -0.2) is 0 Å². The summed E-state index contributed by atoms with van der Waals surface area (Å²) in [5, 5.41) is 3.40. The Morgan fingerprint density at radius 1 is 1.12 bits per heavy atom. The van der Waals surface area contributed by atoms with Crippen molar-refractivity contribution >= 4 is 5.91 Å². The van der Waals surface area contributed by atoms with Crippen molar-refractivity contribution in [3.63, 3.8) is 0 Å². The minimum atomic E-state index is 0.282. The van der Waals surface area contributed by atoms with Gasteiger partial charge in [0.05, 0.1) is 6.42 Å². The molecule has 4 heteroatoms. The van der Waals surface area contributed by atoms with E-state index in [4.69, 9.17) is 0 Å². The largest absolute Gasteiger partial charge is 0.341 e. The van der Waals surface area contributed by atoms with Crippen LogP contribution in [0.3, 0.4) is 0 Å². The molecular weight excluding hydrogens is 298 g/mol. The molecule has 2 fully saturated rings. The smallest absolute Gasteiger partial charge is 0.227 e. The molecule has 2 saturated heterocycles. The number of carbonyl (C=O) groups excluding carboxylic acids is 1. The van der Waals surface area contributed by atoms with Crippen molar-refractivity contribution in [1.29, 1.82) is 0 Å². The van der Waals surface area contributed by atoms with Gasteiger partial charge < -0.3 is 10.2 Å². The van der Waals surface area contributed by atoms with E-state index < -0.39 is 0 Å². The van der Waals surface area contributed by atoms with Gasteiger partial charge >= 0.3 is 0 Å². The fourth-order valence-corrected chi connectivity index (χ4v) is 3.86. The number of nitrogens with zero attached hydrogens (tertiary/aromatic N) is 2. The van der Waals surface area contributed by atoms with Crippen LogP contribution < -0.4 is 5.32 Å². The maximum Gasteiger partial charge on any atom is 0.227 e. The Kier molecular flexibility index (Phi) is 5.90. The summed E-state index contributed by atoms with van der Waals surface area (Å²) in [6.07, 6.45) is 2.77. The van der Waals surface area contributed by atoms with Gasteiger partial charge in [0.2, 0.25) is 5.91 Å². The normalized spacial score (nSPS) is 22.3. The van der Waals surface area contributed by atoms with Gasteiger partial charge in [-0.2, -0.15) is 0 Å². The summed E-state index contributed by atoms with van der Waals surface area (Å²) in [4.78, 5) is 17.2. The third kappa shape index (κ3) is 4.58. The molecule has 0 spiro atoms. The molecule has 1 amide bonds. The van der Waals surface area contributed by atoms with E-state index in [1.807, 2.05) is 0 Å². The van der Waals surface area contributed by atoms with Crippen molar-refractivity contribution in [3.8, 4) is 0 Å². The minimum Gasteiger partial charge on any atom is -0.341 e. The van der Waals surface area contributed by atoms with E-state index in [9.17, 15) is 4.79 Å². The molecule has 0 radical (unpaired) electrons. The van der Waals surface area contributed by atoms with Gasteiger partial charge in [-0.1, -0.05) is 38.1 Å². The molecule has 2 heterocycles. The summed E-state index contributed by atoms with van der Waals surface area (Å²) in [7, 11) is 0. The highest BCUT2D eigenvalue weighted by Crippen LogP contribution is 2.18. The van der Waals surface area contributed by atoms with Gasteiger partial charge in [-0.3, -0.25) is 9.69 Å². The molecule has 132 valence electrons. The van der Waals surface area contributed by atoms with E-state index in [0.717, 1.165) is 57.7 Å². The van der Waals surface area contributed by atoms with Crippen molar-refractivity contribution in [2.24, 2.45) is 5.92 Å². The Hall–Kier alpha value is -1.39. The lowest BCUT2D eigenvalue weighted by Gasteiger charge is -2.32. The van der Waals surface area contributed by atoms with Crippen LogP contribution in [-0.4, -0.2) is 61.0 Å². The lowest BCUT2D eigenvalue weighted by atomic mass is 10.0. The standard InChI is InChI=1S/C20H31N3O/c1-16(2)13-17-3-5-18(6-4-17)14-20(24)23-10-7-19(15-23)22-11-8-21-9-12-22/h3-6,16,19,21H,7-15H2,1-2H3.